The minimum Gasteiger partial charge on any atom is -0.477 e. The Hall–Kier alpha value is -1.48. The maximum Gasteiger partial charge on any atom is 0.374 e. The Bertz CT molecular complexity index is 483. The summed E-state index contributed by atoms with van der Waals surface area (Å²) in [5, 5.41) is 17.4. The Labute approximate surface area is 105 Å². The first kappa shape index (κ1) is 13.6. The fourth-order valence-corrected chi connectivity index (χ4v) is 1.85. The van der Waals surface area contributed by atoms with Gasteiger partial charge in [0.2, 0.25) is 0 Å². The fraction of sp³-hybridized carbons (Fsp3) is 0.273. The molecule has 0 bridgehead atoms. The molecule has 0 saturated carbocycles. The normalized spacial score (nSPS) is 10.9. The number of carbonyl (C=O) groups is 1. The molecular weight excluding hydrogens is 296 g/mol. The van der Waals surface area contributed by atoms with Crippen LogP contribution in [0, 0.1) is 11.3 Å². The largest absolute Gasteiger partial charge is 0.477 e. The summed E-state index contributed by atoms with van der Waals surface area (Å²) >= 11 is 3.12. The summed E-state index contributed by atoms with van der Waals surface area (Å²) in [6, 6.07) is 6.14. The first-order valence-electron chi connectivity index (χ1n) is 4.60. The zero-order valence-corrected chi connectivity index (χ0v) is 10.2. The smallest absolute Gasteiger partial charge is 0.374 e. The third kappa shape index (κ3) is 3.24. The monoisotopic (exact) mass is 303 g/mol. The van der Waals surface area contributed by atoms with Gasteiger partial charge < -0.3 is 5.11 Å². The molecule has 0 amide bonds. The van der Waals surface area contributed by atoms with Crippen molar-refractivity contribution in [2.75, 3.05) is 0 Å². The van der Waals surface area contributed by atoms with Gasteiger partial charge in [0.15, 0.2) is 0 Å². The van der Waals surface area contributed by atoms with Crippen molar-refractivity contribution in [1.29, 1.82) is 5.26 Å². The highest BCUT2D eigenvalue weighted by molar-refractivity contribution is 9.08. The number of alkyl halides is 3. The summed E-state index contributed by atoms with van der Waals surface area (Å²) in [6.07, 6.45) is -0.918. The maximum absolute atomic E-state index is 13.1. The Morgan fingerprint density at radius 2 is 2.12 bits per heavy atom. The summed E-state index contributed by atoms with van der Waals surface area (Å²) in [5.74, 6) is -5.99. The Kier molecular flexibility index (Phi) is 4.18. The van der Waals surface area contributed by atoms with Crippen molar-refractivity contribution in [1.82, 2.24) is 0 Å². The number of hydrogen-bond acceptors (Lipinski definition) is 2. The molecule has 0 aliphatic rings. The SMILES string of the molecule is N#Cc1ccc(CBr)c(CC(F)(F)C(=O)O)c1. The van der Waals surface area contributed by atoms with E-state index in [0.29, 0.717) is 10.9 Å². The molecule has 0 saturated heterocycles. The van der Waals surface area contributed by atoms with Crippen molar-refractivity contribution in [2.45, 2.75) is 17.7 Å². The van der Waals surface area contributed by atoms with Crippen molar-refractivity contribution in [3.8, 4) is 6.07 Å². The zero-order valence-electron chi connectivity index (χ0n) is 8.58. The van der Waals surface area contributed by atoms with E-state index in [-0.39, 0.29) is 11.1 Å². The van der Waals surface area contributed by atoms with E-state index in [1.165, 1.54) is 18.2 Å². The molecule has 1 N–H and O–H groups in total. The van der Waals surface area contributed by atoms with Gasteiger partial charge in [-0.2, -0.15) is 14.0 Å². The lowest BCUT2D eigenvalue weighted by molar-refractivity contribution is -0.164. The van der Waals surface area contributed by atoms with Crippen LogP contribution in [0.5, 0.6) is 0 Å². The second-order valence-electron chi connectivity index (χ2n) is 3.42. The van der Waals surface area contributed by atoms with Gasteiger partial charge in [-0.05, 0) is 23.3 Å². The zero-order chi connectivity index (χ0) is 13.1. The molecule has 0 heterocycles. The van der Waals surface area contributed by atoms with Crippen LogP contribution in [-0.2, 0) is 16.5 Å². The van der Waals surface area contributed by atoms with Crippen LogP contribution in [0.2, 0.25) is 0 Å². The lowest BCUT2D eigenvalue weighted by atomic mass is 9.99. The van der Waals surface area contributed by atoms with Crippen molar-refractivity contribution in [2.24, 2.45) is 0 Å². The van der Waals surface area contributed by atoms with E-state index >= 15 is 0 Å². The molecule has 0 atom stereocenters. The number of nitrogens with zero attached hydrogens (tertiary/aromatic N) is 1. The summed E-state index contributed by atoms with van der Waals surface area (Å²) in [5.41, 5.74) is 0.934. The number of halogens is 3. The van der Waals surface area contributed by atoms with Gasteiger partial charge >= 0.3 is 11.9 Å². The number of carboxylic acids is 1. The first-order valence-corrected chi connectivity index (χ1v) is 5.72. The standard InChI is InChI=1S/C11H8BrF2NO2/c12-5-8-2-1-7(6-15)3-9(8)4-11(13,14)10(16)17/h1-3H,4-5H2,(H,16,17). The average Bonchev–Trinajstić information content (AvgIpc) is 2.28. The van der Waals surface area contributed by atoms with Gasteiger partial charge in [-0.3, -0.25) is 0 Å². The summed E-state index contributed by atoms with van der Waals surface area (Å²) in [4.78, 5) is 10.4. The van der Waals surface area contributed by atoms with Crippen LogP contribution in [0.1, 0.15) is 16.7 Å². The Balaban J connectivity index is 3.12. The molecular formula is C11H8BrF2NO2. The highest BCUT2D eigenvalue weighted by atomic mass is 79.9. The van der Waals surface area contributed by atoms with Crippen LogP contribution in [0.25, 0.3) is 0 Å². The molecule has 0 fully saturated rings. The summed E-state index contributed by atoms with van der Waals surface area (Å²) < 4.78 is 26.2. The minimum atomic E-state index is -3.83. The number of rotatable bonds is 4. The molecule has 0 spiro atoms. The van der Waals surface area contributed by atoms with Crippen LogP contribution in [0.3, 0.4) is 0 Å². The van der Waals surface area contributed by atoms with Gasteiger partial charge in [0.25, 0.3) is 0 Å². The van der Waals surface area contributed by atoms with E-state index in [4.69, 9.17) is 10.4 Å². The van der Waals surface area contributed by atoms with E-state index in [9.17, 15) is 13.6 Å². The fourth-order valence-electron chi connectivity index (χ4n) is 1.31. The van der Waals surface area contributed by atoms with E-state index in [0.717, 1.165) is 0 Å². The highest BCUT2D eigenvalue weighted by Gasteiger charge is 2.39. The molecule has 17 heavy (non-hydrogen) atoms. The number of benzene rings is 1. The van der Waals surface area contributed by atoms with Crippen LogP contribution in [0.4, 0.5) is 8.78 Å². The van der Waals surface area contributed by atoms with Crippen LogP contribution >= 0.6 is 15.9 Å². The predicted molar refractivity (Wildman–Crippen MR) is 60.1 cm³/mol. The Morgan fingerprint density at radius 1 is 1.47 bits per heavy atom. The van der Waals surface area contributed by atoms with Crippen LogP contribution < -0.4 is 0 Å². The van der Waals surface area contributed by atoms with E-state index < -0.39 is 18.3 Å². The number of nitriles is 1. The third-order valence-corrected chi connectivity index (χ3v) is 2.81. The van der Waals surface area contributed by atoms with E-state index in [2.05, 4.69) is 15.9 Å². The molecule has 0 unspecified atom stereocenters. The molecule has 3 nitrogen and oxygen atoms in total. The van der Waals surface area contributed by atoms with Gasteiger partial charge in [0, 0.05) is 11.8 Å². The van der Waals surface area contributed by atoms with Gasteiger partial charge in [0.1, 0.15) is 0 Å². The number of aliphatic carboxylic acids is 1. The third-order valence-electron chi connectivity index (χ3n) is 2.20. The molecule has 0 radical (unpaired) electrons. The lowest BCUT2D eigenvalue weighted by Crippen LogP contribution is -2.31. The summed E-state index contributed by atoms with van der Waals surface area (Å²) in [7, 11) is 0. The van der Waals surface area contributed by atoms with Crippen molar-refractivity contribution >= 4 is 21.9 Å². The number of carboxylic acid groups (broad SMARTS) is 1. The second kappa shape index (κ2) is 5.23. The lowest BCUT2D eigenvalue weighted by Gasteiger charge is -2.13. The van der Waals surface area contributed by atoms with E-state index in [1.54, 1.807) is 0 Å². The maximum atomic E-state index is 13.1. The molecule has 0 aliphatic carbocycles. The van der Waals surface area contributed by atoms with Crippen LogP contribution in [-0.4, -0.2) is 17.0 Å². The average molecular weight is 304 g/mol. The highest BCUT2D eigenvalue weighted by Crippen LogP contribution is 2.24. The van der Waals surface area contributed by atoms with Crippen molar-refractivity contribution < 1.29 is 18.7 Å². The quantitative estimate of drug-likeness (QED) is 0.870. The molecule has 90 valence electrons. The molecule has 1 rings (SSSR count). The van der Waals surface area contributed by atoms with Gasteiger partial charge in [0.05, 0.1) is 11.6 Å². The molecule has 1 aromatic carbocycles. The van der Waals surface area contributed by atoms with Gasteiger partial charge in [-0.25, -0.2) is 4.79 Å². The minimum absolute atomic E-state index is 0.160. The van der Waals surface area contributed by atoms with Crippen molar-refractivity contribution in [3.05, 3.63) is 34.9 Å². The van der Waals surface area contributed by atoms with Crippen molar-refractivity contribution in [3.63, 3.8) is 0 Å². The predicted octanol–water partition coefficient (Wildman–Crippen LogP) is 2.72. The summed E-state index contributed by atoms with van der Waals surface area (Å²) in [6.45, 7) is 0. The van der Waals surface area contributed by atoms with Crippen LogP contribution in [0.15, 0.2) is 18.2 Å². The molecule has 6 heteroatoms. The topological polar surface area (TPSA) is 61.1 Å². The Morgan fingerprint density at radius 3 is 2.59 bits per heavy atom. The number of hydrogen-bond donors (Lipinski definition) is 1. The molecule has 0 aromatic heterocycles. The second-order valence-corrected chi connectivity index (χ2v) is 3.98. The molecule has 1 aromatic rings. The van der Waals surface area contributed by atoms with Gasteiger partial charge in [-0.15, -0.1) is 0 Å². The molecule has 0 aliphatic heterocycles. The first-order chi connectivity index (χ1) is 7.90. The van der Waals surface area contributed by atoms with Gasteiger partial charge in [-0.1, -0.05) is 22.0 Å². The van der Waals surface area contributed by atoms with E-state index in [1.807, 2.05) is 6.07 Å².